The number of hydrogen-bond donors (Lipinski definition) is 3. The van der Waals surface area contributed by atoms with Gasteiger partial charge in [-0.1, -0.05) is 30.3 Å². The number of likely N-dealkylation sites (tertiary alicyclic amines) is 1. The lowest BCUT2D eigenvalue weighted by atomic mass is 10.1. The predicted octanol–water partition coefficient (Wildman–Crippen LogP) is 1.00. The van der Waals surface area contributed by atoms with Gasteiger partial charge in [-0.25, -0.2) is 4.98 Å². The summed E-state index contributed by atoms with van der Waals surface area (Å²) in [6.45, 7) is 6.67. The quantitative estimate of drug-likeness (QED) is 0.164. The Morgan fingerprint density at radius 1 is 1.00 bits per heavy atom. The summed E-state index contributed by atoms with van der Waals surface area (Å²) in [4.78, 5) is 44.4. The molecular formula is C31H48N6O7. The number of nitrogens with two attached hydrogens (primary N) is 1. The molecule has 0 bridgehead atoms. The normalized spacial score (nSPS) is 15.3. The molecular weight excluding hydrogens is 568 g/mol. The van der Waals surface area contributed by atoms with Crippen LogP contribution in [0.4, 0.5) is 0 Å². The van der Waals surface area contributed by atoms with Gasteiger partial charge >= 0.3 is 0 Å². The van der Waals surface area contributed by atoms with E-state index >= 15 is 0 Å². The van der Waals surface area contributed by atoms with Crippen LogP contribution in [0, 0.1) is 0 Å². The van der Waals surface area contributed by atoms with E-state index in [0.717, 1.165) is 24.1 Å². The second-order valence-corrected chi connectivity index (χ2v) is 10.6. The smallest absolute Gasteiger partial charge is 0.243 e. The van der Waals surface area contributed by atoms with Crippen LogP contribution in [-0.2, 0) is 53.1 Å². The van der Waals surface area contributed by atoms with Crippen molar-refractivity contribution in [2.75, 3.05) is 59.3 Å². The van der Waals surface area contributed by atoms with E-state index in [1.165, 1.54) is 6.92 Å². The highest BCUT2D eigenvalue weighted by Crippen LogP contribution is 2.18. The van der Waals surface area contributed by atoms with Crippen molar-refractivity contribution < 1.29 is 33.3 Å². The lowest BCUT2D eigenvalue weighted by molar-refractivity contribution is -0.138. The first-order valence-electron chi connectivity index (χ1n) is 15.4. The summed E-state index contributed by atoms with van der Waals surface area (Å²) in [7, 11) is 0. The number of imidazole rings is 1. The third-order valence-corrected chi connectivity index (χ3v) is 7.15. The van der Waals surface area contributed by atoms with Crippen molar-refractivity contribution in [1.29, 1.82) is 0 Å². The van der Waals surface area contributed by atoms with Gasteiger partial charge in [0.2, 0.25) is 17.7 Å². The van der Waals surface area contributed by atoms with Crippen molar-refractivity contribution in [1.82, 2.24) is 25.1 Å². The zero-order chi connectivity index (χ0) is 31.4. The van der Waals surface area contributed by atoms with Crippen molar-refractivity contribution >= 4 is 17.7 Å². The number of carbonyl (C=O) groups is 3. The van der Waals surface area contributed by atoms with Gasteiger partial charge in [0, 0.05) is 51.5 Å². The van der Waals surface area contributed by atoms with E-state index in [1.807, 2.05) is 34.9 Å². The Labute approximate surface area is 259 Å². The Bertz CT molecular complexity index is 1120. The van der Waals surface area contributed by atoms with Crippen molar-refractivity contribution in [3.63, 3.8) is 0 Å². The number of rotatable bonds is 22. The first kappa shape index (κ1) is 35.1. The molecule has 2 heterocycles. The minimum atomic E-state index is -0.858. The molecule has 0 spiro atoms. The van der Waals surface area contributed by atoms with Crippen molar-refractivity contribution in [3.05, 3.63) is 54.1 Å². The zero-order valence-electron chi connectivity index (χ0n) is 25.8. The SMILES string of the molecule is CC(=O)N1CCCC1C(=O)NC(Cc1cncn1COCc1ccccc1)C(=O)NCCCOCCOCCOCCCN. The molecule has 2 aromatic rings. The number of carbonyl (C=O) groups excluding carboxylic acids is 3. The third kappa shape index (κ3) is 12.7. The van der Waals surface area contributed by atoms with Gasteiger partial charge in [-0.2, -0.15) is 0 Å². The van der Waals surface area contributed by atoms with E-state index in [0.29, 0.717) is 78.7 Å². The summed E-state index contributed by atoms with van der Waals surface area (Å²) in [5.41, 5.74) is 7.21. The van der Waals surface area contributed by atoms with Gasteiger partial charge in [-0.3, -0.25) is 14.4 Å². The lowest BCUT2D eigenvalue weighted by Crippen LogP contribution is -2.54. The van der Waals surface area contributed by atoms with Crippen LogP contribution in [-0.4, -0.2) is 104 Å². The molecule has 13 nitrogen and oxygen atoms in total. The molecule has 1 aliphatic heterocycles. The molecule has 44 heavy (non-hydrogen) atoms. The van der Waals surface area contributed by atoms with Crippen LogP contribution in [0.3, 0.4) is 0 Å². The highest BCUT2D eigenvalue weighted by atomic mass is 16.5. The lowest BCUT2D eigenvalue weighted by Gasteiger charge is -2.25. The Kier molecular flexibility index (Phi) is 16.4. The van der Waals surface area contributed by atoms with E-state index in [1.54, 1.807) is 17.4 Å². The number of amides is 3. The number of nitrogens with zero attached hydrogens (tertiary/aromatic N) is 3. The average molecular weight is 617 g/mol. The molecule has 2 atom stereocenters. The van der Waals surface area contributed by atoms with Crippen LogP contribution < -0.4 is 16.4 Å². The Morgan fingerprint density at radius 3 is 2.41 bits per heavy atom. The summed E-state index contributed by atoms with van der Waals surface area (Å²) < 4.78 is 24.1. The molecule has 4 N–H and O–H groups in total. The number of nitrogens with one attached hydrogen (secondary N) is 2. The molecule has 0 aliphatic carbocycles. The fourth-order valence-corrected chi connectivity index (χ4v) is 4.81. The fourth-order valence-electron chi connectivity index (χ4n) is 4.81. The van der Waals surface area contributed by atoms with E-state index < -0.39 is 12.1 Å². The standard InChI is InChI=1S/C31H48N6O7/c1-25(38)37-13-5-10-29(37)31(40)35-28(20-27-21-33-23-36(27)24-44-22-26-8-3-2-4-9-26)30(39)34-12-7-15-42-17-19-43-18-16-41-14-6-11-32/h2-4,8-9,21,23,28-29H,5-7,10-20,22,24,32H2,1H3,(H,34,39)(H,35,40). The minimum Gasteiger partial charge on any atom is -0.379 e. The van der Waals surface area contributed by atoms with Crippen molar-refractivity contribution in [3.8, 4) is 0 Å². The van der Waals surface area contributed by atoms with Gasteiger partial charge in [-0.15, -0.1) is 0 Å². The number of hydrogen-bond acceptors (Lipinski definition) is 9. The van der Waals surface area contributed by atoms with Gasteiger partial charge in [-0.05, 0) is 37.8 Å². The molecule has 1 aromatic carbocycles. The highest BCUT2D eigenvalue weighted by molar-refractivity contribution is 5.92. The van der Waals surface area contributed by atoms with E-state index in [9.17, 15) is 14.4 Å². The molecule has 13 heteroatoms. The molecule has 0 radical (unpaired) electrons. The maximum atomic E-state index is 13.3. The Balaban J connectivity index is 1.46. The molecule has 244 valence electrons. The highest BCUT2D eigenvalue weighted by Gasteiger charge is 2.34. The van der Waals surface area contributed by atoms with E-state index in [-0.39, 0.29) is 30.9 Å². The van der Waals surface area contributed by atoms with Crippen molar-refractivity contribution in [2.24, 2.45) is 5.73 Å². The summed E-state index contributed by atoms with van der Waals surface area (Å²) >= 11 is 0. The Hall–Kier alpha value is -3.36. The van der Waals surface area contributed by atoms with Gasteiger partial charge in [0.05, 0.1) is 39.4 Å². The summed E-state index contributed by atoms with van der Waals surface area (Å²) in [6, 6.07) is 8.38. The zero-order valence-corrected chi connectivity index (χ0v) is 25.8. The van der Waals surface area contributed by atoms with Crippen LogP contribution >= 0.6 is 0 Å². The largest absolute Gasteiger partial charge is 0.379 e. The first-order valence-corrected chi connectivity index (χ1v) is 15.4. The maximum absolute atomic E-state index is 13.3. The molecule has 1 fully saturated rings. The molecule has 1 aliphatic rings. The average Bonchev–Trinajstić information content (AvgIpc) is 3.70. The monoisotopic (exact) mass is 616 g/mol. The first-order chi connectivity index (χ1) is 21.5. The number of benzene rings is 1. The van der Waals surface area contributed by atoms with Crippen LogP contribution in [0.2, 0.25) is 0 Å². The second kappa shape index (κ2) is 20.6. The molecule has 0 saturated carbocycles. The van der Waals surface area contributed by atoms with Gasteiger partial charge in [0.15, 0.2) is 0 Å². The van der Waals surface area contributed by atoms with E-state index in [4.69, 9.17) is 24.7 Å². The van der Waals surface area contributed by atoms with Crippen molar-refractivity contribution in [2.45, 2.75) is 64.4 Å². The van der Waals surface area contributed by atoms with Crippen LogP contribution in [0.15, 0.2) is 42.9 Å². The van der Waals surface area contributed by atoms with Crippen LogP contribution in [0.25, 0.3) is 0 Å². The summed E-state index contributed by atoms with van der Waals surface area (Å²) in [5.74, 6) is -0.808. The Morgan fingerprint density at radius 2 is 1.70 bits per heavy atom. The molecule has 1 aromatic heterocycles. The van der Waals surface area contributed by atoms with Gasteiger partial charge in [0.1, 0.15) is 18.8 Å². The van der Waals surface area contributed by atoms with E-state index in [2.05, 4.69) is 15.6 Å². The minimum absolute atomic E-state index is 0.154. The molecule has 3 amide bonds. The molecule has 3 rings (SSSR count). The molecule has 2 unspecified atom stereocenters. The number of aromatic nitrogens is 2. The fraction of sp³-hybridized carbons (Fsp3) is 0.613. The molecule has 1 saturated heterocycles. The van der Waals surface area contributed by atoms with Crippen LogP contribution in [0.5, 0.6) is 0 Å². The maximum Gasteiger partial charge on any atom is 0.243 e. The summed E-state index contributed by atoms with van der Waals surface area (Å²) in [5, 5.41) is 5.81. The van der Waals surface area contributed by atoms with Gasteiger partial charge < -0.3 is 44.8 Å². The third-order valence-electron chi connectivity index (χ3n) is 7.15. The predicted molar refractivity (Wildman–Crippen MR) is 163 cm³/mol. The second-order valence-electron chi connectivity index (χ2n) is 10.6. The van der Waals surface area contributed by atoms with Gasteiger partial charge in [0.25, 0.3) is 0 Å². The summed E-state index contributed by atoms with van der Waals surface area (Å²) in [6.07, 6.45) is 6.25. The van der Waals surface area contributed by atoms with Crippen LogP contribution in [0.1, 0.15) is 43.9 Å². The topological polar surface area (TPSA) is 159 Å². The number of ether oxygens (including phenoxy) is 4.